The van der Waals surface area contributed by atoms with Gasteiger partial charge in [0.15, 0.2) is 0 Å². The lowest BCUT2D eigenvalue weighted by Gasteiger charge is -2.19. The Kier molecular flexibility index (Phi) is 9.70. The van der Waals surface area contributed by atoms with Crippen LogP contribution in [0.4, 0.5) is 0 Å². The molecule has 1 heterocycles. The van der Waals surface area contributed by atoms with Gasteiger partial charge in [-0.05, 0) is 57.2 Å². The number of nitrogens with zero attached hydrogens (tertiary/aromatic N) is 3. The Balaban J connectivity index is 0.000000280. The summed E-state index contributed by atoms with van der Waals surface area (Å²) in [5.41, 5.74) is 4.48. The lowest BCUT2D eigenvalue weighted by Crippen LogP contribution is -2.31. The Morgan fingerprint density at radius 2 is 1.94 bits per heavy atom. The fourth-order valence-electron chi connectivity index (χ4n) is 3.76. The van der Waals surface area contributed by atoms with Gasteiger partial charge in [0, 0.05) is 22.9 Å². The molecule has 0 saturated carbocycles. The van der Waals surface area contributed by atoms with Crippen LogP contribution in [0.2, 0.25) is 5.02 Å². The van der Waals surface area contributed by atoms with Crippen LogP contribution in [-0.2, 0) is 0 Å². The Bertz CT molecular complexity index is 1120. The fraction of sp³-hybridized carbons (Fsp3) is 0.308. The third-order valence-corrected chi connectivity index (χ3v) is 5.89. The molecule has 0 unspecified atom stereocenters. The van der Waals surface area contributed by atoms with Gasteiger partial charge in [-0.15, -0.1) is 12.4 Å². The highest BCUT2D eigenvalue weighted by Crippen LogP contribution is 2.27. The van der Waals surface area contributed by atoms with Crippen LogP contribution in [0.15, 0.2) is 82.3 Å². The minimum atomic E-state index is 0. The molecule has 0 saturated heterocycles. The van der Waals surface area contributed by atoms with Crippen molar-refractivity contribution in [3.63, 3.8) is 0 Å². The Labute approximate surface area is 201 Å². The van der Waals surface area contributed by atoms with Crippen molar-refractivity contribution in [2.24, 2.45) is 15.9 Å². The SMILES string of the molecule is C=C(C)[C@H]1CC=C(C)CC1.CN=C1CN(O)C(c2ccccc2)=c2cc(Cl)ccc2=N1.Cl. The van der Waals surface area contributed by atoms with E-state index in [1.807, 2.05) is 42.5 Å². The van der Waals surface area contributed by atoms with Gasteiger partial charge in [-0.25, -0.2) is 10.1 Å². The molecule has 1 N–H and O–H groups in total. The molecule has 0 radical (unpaired) electrons. The van der Waals surface area contributed by atoms with Crippen LogP contribution in [0.5, 0.6) is 0 Å². The molecule has 4 nitrogen and oxygen atoms in total. The summed E-state index contributed by atoms with van der Waals surface area (Å²) >= 11 is 6.12. The first-order valence-electron chi connectivity index (χ1n) is 10.6. The van der Waals surface area contributed by atoms with Gasteiger partial charge in [0.1, 0.15) is 12.4 Å². The molecule has 1 atom stereocenters. The molecule has 1 aliphatic heterocycles. The van der Waals surface area contributed by atoms with Crippen molar-refractivity contribution in [1.82, 2.24) is 5.06 Å². The van der Waals surface area contributed by atoms with E-state index in [-0.39, 0.29) is 19.0 Å². The molecule has 2 aromatic carbocycles. The van der Waals surface area contributed by atoms with Gasteiger partial charge >= 0.3 is 0 Å². The van der Waals surface area contributed by atoms with E-state index in [4.69, 9.17) is 11.6 Å². The summed E-state index contributed by atoms with van der Waals surface area (Å²) in [7, 11) is 1.66. The molecule has 1 aliphatic carbocycles. The minimum absolute atomic E-state index is 0. The standard InChI is InChI=1S/C16H14ClN3O.C10H16.ClH/c1-18-15-10-20(21)16(11-5-3-2-4-6-11)13-9-12(17)7-8-14(13)19-15;1-8(2)10-6-4-9(3)5-7-10;/h2-9,21H,10H2,1H3;4,10H,1,5-7H2,2-3H3;1H/t;10-;/m.0./s1. The van der Waals surface area contributed by atoms with Crippen LogP contribution >= 0.6 is 24.0 Å². The number of hydroxylamine groups is 2. The zero-order valence-corrected chi connectivity index (χ0v) is 20.5. The molecule has 0 fully saturated rings. The minimum Gasteiger partial charge on any atom is -0.288 e. The predicted molar refractivity (Wildman–Crippen MR) is 136 cm³/mol. The summed E-state index contributed by atoms with van der Waals surface area (Å²) in [5, 5.41) is 13.8. The maximum atomic E-state index is 10.5. The maximum absolute atomic E-state index is 10.5. The summed E-state index contributed by atoms with van der Waals surface area (Å²) in [6, 6.07) is 15.1. The van der Waals surface area contributed by atoms with E-state index >= 15 is 0 Å². The number of fused-ring (bicyclic) bond motifs is 1. The zero-order valence-electron chi connectivity index (χ0n) is 18.9. The first-order chi connectivity index (χ1) is 14.9. The molecule has 32 heavy (non-hydrogen) atoms. The second-order valence-electron chi connectivity index (χ2n) is 8.05. The first-order valence-corrected chi connectivity index (χ1v) is 10.9. The molecule has 4 rings (SSSR count). The highest BCUT2D eigenvalue weighted by atomic mass is 35.5. The van der Waals surface area contributed by atoms with Crippen molar-refractivity contribution < 1.29 is 5.21 Å². The molecule has 2 aromatic rings. The molecule has 2 aliphatic rings. The largest absolute Gasteiger partial charge is 0.288 e. The first kappa shape index (κ1) is 25.9. The van der Waals surface area contributed by atoms with Crippen molar-refractivity contribution in [3.05, 3.63) is 93.5 Å². The van der Waals surface area contributed by atoms with Crippen LogP contribution < -0.4 is 10.6 Å². The van der Waals surface area contributed by atoms with Gasteiger partial charge < -0.3 is 0 Å². The van der Waals surface area contributed by atoms with Gasteiger partial charge in [0.05, 0.1) is 11.1 Å². The fourth-order valence-corrected chi connectivity index (χ4v) is 3.93. The number of halogens is 2. The predicted octanol–water partition coefficient (Wildman–Crippen LogP) is 5.58. The summed E-state index contributed by atoms with van der Waals surface area (Å²) in [5.74, 6) is 1.33. The average molecular weight is 472 g/mol. The molecular formula is C26H31Cl2N3O. The topological polar surface area (TPSA) is 48.2 Å². The molecule has 0 bridgehead atoms. The number of allylic oxidation sites excluding steroid dienone is 3. The van der Waals surface area contributed by atoms with E-state index in [0.29, 0.717) is 16.6 Å². The van der Waals surface area contributed by atoms with E-state index in [9.17, 15) is 5.21 Å². The Morgan fingerprint density at radius 3 is 2.53 bits per heavy atom. The van der Waals surface area contributed by atoms with E-state index in [1.165, 1.54) is 29.9 Å². The Hall–Kier alpha value is -2.40. The highest BCUT2D eigenvalue weighted by Gasteiger charge is 2.17. The van der Waals surface area contributed by atoms with E-state index in [2.05, 4.69) is 36.5 Å². The lowest BCUT2D eigenvalue weighted by atomic mass is 9.86. The number of aliphatic imine (C=N–C) groups is 1. The van der Waals surface area contributed by atoms with Crippen molar-refractivity contribution in [1.29, 1.82) is 0 Å². The zero-order chi connectivity index (χ0) is 22.4. The number of benzene rings is 2. The van der Waals surface area contributed by atoms with Crippen LogP contribution in [-0.4, -0.2) is 29.7 Å². The number of hydrogen-bond donors (Lipinski definition) is 1. The lowest BCUT2D eigenvalue weighted by molar-refractivity contribution is -0.0119. The number of amidine groups is 1. The van der Waals surface area contributed by atoms with Gasteiger partial charge in [0.25, 0.3) is 0 Å². The summed E-state index contributed by atoms with van der Waals surface area (Å²) < 4.78 is 0. The average Bonchev–Trinajstić information content (AvgIpc) is 2.90. The smallest absolute Gasteiger partial charge is 0.145 e. The van der Waals surface area contributed by atoms with E-state index in [0.717, 1.165) is 22.1 Å². The molecule has 0 aromatic heterocycles. The molecular weight excluding hydrogens is 441 g/mol. The van der Waals surface area contributed by atoms with Crippen molar-refractivity contribution in [3.8, 4) is 0 Å². The van der Waals surface area contributed by atoms with Gasteiger partial charge in [-0.3, -0.25) is 10.2 Å². The summed E-state index contributed by atoms with van der Waals surface area (Å²) in [4.78, 5) is 8.60. The number of rotatable bonds is 2. The normalized spacial score (nSPS) is 18.8. The van der Waals surface area contributed by atoms with Crippen molar-refractivity contribution in [2.45, 2.75) is 33.1 Å². The molecule has 0 amide bonds. The molecule has 170 valence electrons. The van der Waals surface area contributed by atoms with Crippen LogP contribution in [0.3, 0.4) is 0 Å². The monoisotopic (exact) mass is 471 g/mol. The summed E-state index contributed by atoms with van der Waals surface area (Å²) in [6.45, 7) is 8.56. The van der Waals surface area contributed by atoms with E-state index in [1.54, 1.807) is 18.7 Å². The maximum Gasteiger partial charge on any atom is 0.145 e. The third kappa shape index (κ3) is 6.55. The van der Waals surface area contributed by atoms with Crippen molar-refractivity contribution in [2.75, 3.05) is 13.6 Å². The van der Waals surface area contributed by atoms with Gasteiger partial charge in [0.2, 0.25) is 0 Å². The van der Waals surface area contributed by atoms with Crippen LogP contribution in [0, 0.1) is 5.92 Å². The third-order valence-electron chi connectivity index (χ3n) is 5.65. The number of hydrogen-bond acceptors (Lipinski definition) is 3. The Morgan fingerprint density at radius 1 is 1.22 bits per heavy atom. The van der Waals surface area contributed by atoms with E-state index < -0.39 is 0 Å². The van der Waals surface area contributed by atoms with Crippen LogP contribution in [0.1, 0.15) is 38.7 Å². The molecule has 0 spiro atoms. The van der Waals surface area contributed by atoms with Crippen molar-refractivity contribution >= 4 is 35.5 Å². The van der Waals surface area contributed by atoms with Gasteiger partial charge in [-0.2, -0.15) is 0 Å². The molecule has 6 heteroatoms. The quantitative estimate of drug-likeness (QED) is 0.580. The van der Waals surface area contributed by atoms with Gasteiger partial charge in [-0.1, -0.05) is 65.7 Å². The highest BCUT2D eigenvalue weighted by molar-refractivity contribution is 6.30. The second kappa shape index (κ2) is 12.0. The second-order valence-corrected chi connectivity index (χ2v) is 8.49. The summed E-state index contributed by atoms with van der Waals surface area (Å²) in [6.07, 6.45) is 6.17. The van der Waals surface area contributed by atoms with Crippen LogP contribution in [0.25, 0.3) is 5.70 Å².